The Morgan fingerprint density at radius 1 is 0.893 bits per heavy atom. The first-order valence-corrected chi connectivity index (χ1v) is 12.7. The Morgan fingerprint density at radius 2 is 1.43 bits per heavy atom. The fraction of sp³-hybridized carbons (Fsp3) is 0.826. The summed E-state index contributed by atoms with van der Waals surface area (Å²) in [5.41, 5.74) is 0. The number of carbonyl (C=O) groups is 2. The first-order valence-electron chi connectivity index (χ1n) is 11.3. The van der Waals surface area contributed by atoms with Gasteiger partial charge < -0.3 is 10.4 Å². The predicted molar refractivity (Wildman–Crippen MR) is 122 cm³/mol. The van der Waals surface area contributed by atoms with Crippen LogP contribution in [0.2, 0.25) is 0 Å². The number of carbonyl (C=O) groups excluding carboxylic acids is 1. The molecule has 2 N–H and O–H groups in total. The van der Waals surface area contributed by atoms with Gasteiger partial charge in [0.15, 0.2) is 0 Å². The van der Waals surface area contributed by atoms with Gasteiger partial charge in [0.05, 0.1) is 0 Å². The number of thioether (sulfide) groups is 1. The molecule has 0 aliphatic heterocycles. The minimum absolute atomic E-state index is 0.133. The van der Waals surface area contributed by atoms with E-state index in [0.29, 0.717) is 12.8 Å². The van der Waals surface area contributed by atoms with Gasteiger partial charge in [-0.15, -0.1) is 0 Å². The summed E-state index contributed by atoms with van der Waals surface area (Å²) in [6.07, 6.45) is 23.5. The molecule has 0 bridgehead atoms. The molecule has 5 heteroatoms. The predicted octanol–water partition coefficient (Wildman–Crippen LogP) is 6.35. The molecule has 0 aromatic rings. The van der Waals surface area contributed by atoms with Gasteiger partial charge in [0.2, 0.25) is 5.91 Å². The number of carboxylic acids is 1. The Kier molecular flexibility index (Phi) is 20.0. The molecular formula is C23H43NO3S. The van der Waals surface area contributed by atoms with E-state index in [1.54, 1.807) is 11.8 Å². The molecule has 0 aliphatic rings. The first kappa shape index (κ1) is 27.0. The van der Waals surface area contributed by atoms with E-state index in [1.165, 1.54) is 57.8 Å². The minimum Gasteiger partial charge on any atom is -0.480 e. The number of allylic oxidation sites excluding steroid dienone is 2. The van der Waals surface area contributed by atoms with Crippen LogP contribution in [-0.4, -0.2) is 35.0 Å². The zero-order valence-corrected chi connectivity index (χ0v) is 19.0. The number of amides is 1. The van der Waals surface area contributed by atoms with E-state index >= 15 is 0 Å². The molecule has 0 aliphatic carbocycles. The molecule has 28 heavy (non-hydrogen) atoms. The summed E-state index contributed by atoms with van der Waals surface area (Å²) in [5.74, 6) is -0.330. The maximum Gasteiger partial charge on any atom is 0.326 e. The molecule has 0 rings (SSSR count). The van der Waals surface area contributed by atoms with Crippen molar-refractivity contribution in [2.24, 2.45) is 0 Å². The Hall–Kier alpha value is -0.970. The lowest BCUT2D eigenvalue weighted by atomic mass is 10.1. The van der Waals surface area contributed by atoms with Crippen LogP contribution in [0.4, 0.5) is 0 Å². The quantitative estimate of drug-likeness (QED) is 0.180. The Morgan fingerprint density at radius 3 is 1.96 bits per heavy atom. The number of aliphatic carboxylic acids is 1. The molecule has 0 spiro atoms. The summed E-state index contributed by atoms with van der Waals surface area (Å²) in [6, 6.07) is -0.747. The highest BCUT2D eigenvalue weighted by Crippen LogP contribution is 2.10. The monoisotopic (exact) mass is 413 g/mol. The maximum atomic E-state index is 11.9. The number of unbranched alkanes of at least 4 members (excludes halogenated alkanes) is 11. The normalized spacial score (nSPS) is 12.4. The molecule has 164 valence electrons. The van der Waals surface area contributed by atoms with Crippen molar-refractivity contribution in [3.63, 3.8) is 0 Å². The van der Waals surface area contributed by atoms with E-state index in [-0.39, 0.29) is 5.91 Å². The van der Waals surface area contributed by atoms with Crippen LogP contribution in [0.1, 0.15) is 103 Å². The Bertz CT molecular complexity index is 413. The van der Waals surface area contributed by atoms with Crippen LogP contribution in [0, 0.1) is 0 Å². The smallest absolute Gasteiger partial charge is 0.326 e. The molecule has 0 radical (unpaired) electrons. The number of hydrogen-bond donors (Lipinski definition) is 2. The third-order valence-electron chi connectivity index (χ3n) is 4.91. The molecule has 4 nitrogen and oxygen atoms in total. The van der Waals surface area contributed by atoms with Gasteiger partial charge in [-0.3, -0.25) is 4.79 Å². The zero-order chi connectivity index (χ0) is 20.9. The third-order valence-corrected chi connectivity index (χ3v) is 5.55. The van der Waals surface area contributed by atoms with Gasteiger partial charge in [0, 0.05) is 6.42 Å². The molecule has 0 saturated carbocycles. The highest BCUT2D eigenvalue weighted by molar-refractivity contribution is 7.98. The van der Waals surface area contributed by atoms with Gasteiger partial charge in [-0.1, -0.05) is 70.4 Å². The minimum atomic E-state index is -0.938. The fourth-order valence-corrected chi connectivity index (χ4v) is 3.59. The number of rotatable bonds is 20. The lowest BCUT2D eigenvalue weighted by Crippen LogP contribution is -2.41. The summed E-state index contributed by atoms with van der Waals surface area (Å²) in [6.45, 7) is 2.25. The molecular weight excluding hydrogens is 370 g/mol. The molecule has 0 unspecified atom stereocenters. The molecule has 0 fully saturated rings. The van der Waals surface area contributed by atoms with Crippen molar-refractivity contribution >= 4 is 23.6 Å². The molecule has 0 heterocycles. The van der Waals surface area contributed by atoms with E-state index in [4.69, 9.17) is 5.11 Å². The van der Waals surface area contributed by atoms with Crippen LogP contribution in [0.3, 0.4) is 0 Å². The van der Waals surface area contributed by atoms with E-state index < -0.39 is 12.0 Å². The summed E-state index contributed by atoms with van der Waals surface area (Å²) in [7, 11) is 0. The lowest BCUT2D eigenvalue weighted by Gasteiger charge is -2.13. The van der Waals surface area contributed by atoms with E-state index in [0.717, 1.165) is 31.4 Å². The fourth-order valence-electron chi connectivity index (χ4n) is 3.12. The summed E-state index contributed by atoms with van der Waals surface area (Å²) >= 11 is 1.59. The van der Waals surface area contributed by atoms with Crippen molar-refractivity contribution in [3.8, 4) is 0 Å². The van der Waals surface area contributed by atoms with E-state index in [9.17, 15) is 9.59 Å². The van der Waals surface area contributed by atoms with Crippen molar-refractivity contribution in [1.29, 1.82) is 0 Å². The second kappa shape index (κ2) is 20.8. The largest absolute Gasteiger partial charge is 0.480 e. The average Bonchev–Trinajstić information content (AvgIpc) is 2.67. The first-order chi connectivity index (χ1) is 13.6. The standard InChI is InChI=1S/C23H43NO3S/c1-3-4-5-6-7-8-9-10-11-12-13-14-15-16-17-18-22(25)24-21(23(26)27)19-20-28-2/h10-11,21H,3-9,12-20H2,1-2H3,(H,24,25)(H,26,27)/b11-10-/t21-/m1/s1. The average molecular weight is 414 g/mol. The Labute approximate surface area is 177 Å². The number of carboxylic acid groups (broad SMARTS) is 1. The topological polar surface area (TPSA) is 66.4 Å². The number of nitrogens with one attached hydrogen (secondary N) is 1. The summed E-state index contributed by atoms with van der Waals surface area (Å²) in [4.78, 5) is 23.0. The van der Waals surface area contributed by atoms with Gasteiger partial charge in [-0.25, -0.2) is 4.79 Å². The molecule has 0 aromatic carbocycles. The van der Waals surface area contributed by atoms with Crippen molar-refractivity contribution in [3.05, 3.63) is 12.2 Å². The second-order valence-electron chi connectivity index (χ2n) is 7.57. The van der Waals surface area contributed by atoms with Gasteiger partial charge in [-0.05, 0) is 50.5 Å². The van der Waals surface area contributed by atoms with Gasteiger partial charge in [0.25, 0.3) is 0 Å². The molecule has 1 atom stereocenters. The van der Waals surface area contributed by atoms with Crippen LogP contribution >= 0.6 is 11.8 Å². The van der Waals surface area contributed by atoms with Crippen LogP contribution in [0.15, 0.2) is 12.2 Å². The van der Waals surface area contributed by atoms with Gasteiger partial charge in [-0.2, -0.15) is 11.8 Å². The third kappa shape index (κ3) is 18.4. The van der Waals surface area contributed by atoms with Crippen molar-refractivity contribution < 1.29 is 14.7 Å². The van der Waals surface area contributed by atoms with Crippen LogP contribution in [0.5, 0.6) is 0 Å². The zero-order valence-electron chi connectivity index (χ0n) is 18.2. The van der Waals surface area contributed by atoms with Crippen molar-refractivity contribution in [2.75, 3.05) is 12.0 Å². The SMILES string of the molecule is CCCCCCCC/C=C\CCCCCCCC(=O)N[C@H](CCSC)C(=O)O. The highest BCUT2D eigenvalue weighted by Gasteiger charge is 2.18. The summed E-state index contributed by atoms with van der Waals surface area (Å²) < 4.78 is 0. The van der Waals surface area contributed by atoms with Gasteiger partial charge >= 0.3 is 5.97 Å². The Balaban J connectivity index is 3.47. The highest BCUT2D eigenvalue weighted by atomic mass is 32.2. The molecule has 0 saturated heterocycles. The molecule has 1 amide bonds. The second-order valence-corrected chi connectivity index (χ2v) is 8.56. The van der Waals surface area contributed by atoms with Crippen molar-refractivity contribution in [1.82, 2.24) is 5.32 Å². The van der Waals surface area contributed by atoms with Crippen molar-refractivity contribution in [2.45, 2.75) is 109 Å². The summed E-state index contributed by atoms with van der Waals surface area (Å²) in [5, 5.41) is 11.8. The van der Waals surface area contributed by atoms with E-state index in [1.807, 2.05) is 6.26 Å². The van der Waals surface area contributed by atoms with Crippen LogP contribution in [0.25, 0.3) is 0 Å². The van der Waals surface area contributed by atoms with E-state index in [2.05, 4.69) is 24.4 Å². The maximum absolute atomic E-state index is 11.9. The molecule has 0 aromatic heterocycles. The van der Waals surface area contributed by atoms with Crippen LogP contribution in [-0.2, 0) is 9.59 Å². The van der Waals surface area contributed by atoms with Crippen LogP contribution < -0.4 is 5.32 Å². The lowest BCUT2D eigenvalue weighted by molar-refractivity contribution is -0.141. The number of hydrogen-bond acceptors (Lipinski definition) is 3. The van der Waals surface area contributed by atoms with Gasteiger partial charge in [0.1, 0.15) is 6.04 Å².